The van der Waals surface area contributed by atoms with Gasteiger partial charge in [-0.2, -0.15) is 0 Å². The second-order valence-electron chi connectivity index (χ2n) is 5.98. The number of fused-ring (bicyclic) bond motifs is 3. The van der Waals surface area contributed by atoms with Crippen LogP contribution in [-0.2, 0) is 17.6 Å². The highest BCUT2D eigenvalue weighted by molar-refractivity contribution is 8.14. The highest BCUT2D eigenvalue weighted by atomic mass is 32.2. The SMILES string of the molecule is CSc1nc(NCCN2C(=O)CSC2=O)c2c3c(sc2n1)CCCC3. The second-order valence-corrected chi connectivity index (χ2v) is 8.76. The minimum Gasteiger partial charge on any atom is -0.368 e. The molecule has 3 heterocycles. The van der Waals surface area contributed by atoms with E-state index in [0.29, 0.717) is 13.1 Å². The Balaban J connectivity index is 1.60. The normalized spacial score (nSPS) is 17.4. The first-order valence-corrected chi connectivity index (χ1v) is 11.3. The zero-order valence-electron chi connectivity index (χ0n) is 13.8. The zero-order chi connectivity index (χ0) is 17.4. The number of carbonyl (C=O) groups excluding carboxylic acids is 2. The van der Waals surface area contributed by atoms with Crippen molar-refractivity contribution < 1.29 is 9.59 Å². The third-order valence-corrected chi connectivity index (χ3v) is 7.04. The van der Waals surface area contributed by atoms with Gasteiger partial charge in [-0.1, -0.05) is 23.5 Å². The Labute approximate surface area is 158 Å². The molecule has 1 saturated heterocycles. The van der Waals surface area contributed by atoms with Gasteiger partial charge in [0.05, 0.1) is 11.1 Å². The van der Waals surface area contributed by atoms with Crippen LogP contribution < -0.4 is 5.32 Å². The molecule has 0 bridgehead atoms. The number of imide groups is 1. The molecule has 132 valence electrons. The maximum absolute atomic E-state index is 11.7. The number of amides is 2. The average Bonchev–Trinajstić information content (AvgIpc) is 3.15. The van der Waals surface area contributed by atoms with Crippen molar-refractivity contribution in [3.63, 3.8) is 0 Å². The van der Waals surface area contributed by atoms with Crippen LogP contribution in [0.1, 0.15) is 23.3 Å². The molecule has 0 radical (unpaired) electrons. The molecule has 2 amide bonds. The van der Waals surface area contributed by atoms with Gasteiger partial charge < -0.3 is 5.32 Å². The largest absolute Gasteiger partial charge is 0.368 e. The molecule has 0 atom stereocenters. The van der Waals surface area contributed by atoms with Gasteiger partial charge in [0.1, 0.15) is 10.6 Å². The van der Waals surface area contributed by atoms with Crippen LogP contribution in [0, 0.1) is 0 Å². The van der Waals surface area contributed by atoms with E-state index >= 15 is 0 Å². The highest BCUT2D eigenvalue weighted by Crippen LogP contribution is 2.39. The Hall–Kier alpha value is -1.32. The van der Waals surface area contributed by atoms with Crippen LogP contribution in [0.4, 0.5) is 10.6 Å². The minimum atomic E-state index is -0.155. The van der Waals surface area contributed by atoms with Gasteiger partial charge in [0, 0.05) is 18.0 Å². The summed E-state index contributed by atoms with van der Waals surface area (Å²) >= 11 is 4.37. The van der Waals surface area contributed by atoms with E-state index in [1.807, 2.05) is 6.26 Å². The van der Waals surface area contributed by atoms with E-state index in [0.717, 1.165) is 45.8 Å². The van der Waals surface area contributed by atoms with Crippen molar-refractivity contribution in [1.29, 1.82) is 0 Å². The van der Waals surface area contributed by atoms with Gasteiger partial charge in [0.15, 0.2) is 5.16 Å². The molecule has 0 spiro atoms. The second kappa shape index (κ2) is 7.13. The van der Waals surface area contributed by atoms with Crippen molar-refractivity contribution in [1.82, 2.24) is 14.9 Å². The van der Waals surface area contributed by atoms with Gasteiger partial charge in [0.2, 0.25) is 5.91 Å². The molecule has 2 aromatic heterocycles. The summed E-state index contributed by atoms with van der Waals surface area (Å²) in [6.07, 6.45) is 6.61. The monoisotopic (exact) mass is 394 g/mol. The summed E-state index contributed by atoms with van der Waals surface area (Å²) in [6, 6.07) is 0. The molecule has 9 heteroatoms. The number of anilines is 1. The van der Waals surface area contributed by atoms with Crippen LogP contribution >= 0.6 is 34.9 Å². The number of hydrogen-bond donors (Lipinski definition) is 1. The molecule has 6 nitrogen and oxygen atoms in total. The van der Waals surface area contributed by atoms with Crippen LogP contribution in [0.25, 0.3) is 10.2 Å². The average molecular weight is 395 g/mol. The predicted molar refractivity (Wildman–Crippen MR) is 104 cm³/mol. The van der Waals surface area contributed by atoms with Crippen molar-refractivity contribution in [2.24, 2.45) is 0 Å². The Kier molecular flexibility index (Phi) is 4.88. The Morgan fingerprint density at radius 3 is 2.84 bits per heavy atom. The first kappa shape index (κ1) is 17.1. The maximum Gasteiger partial charge on any atom is 0.288 e. The molecule has 1 aliphatic carbocycles. The van der Waals surface area contributed by atoms with Gasteiger partial charge in [-0.05, 0) is 37.5 Å². The lowest BCUT2D eigenvalue weighted by Crippen LogP contribution is -2.33. The number of hydrogen-bond acceptors (Lipinski definition) is 8. The van der Waals surface area contributed by atoms with Gasteiger partial charge >= 0.3 is 0 Å². The Morgan fingerprint density at radius 2 is 2.08 bits per heavy atom. The van der Waals surface area contributed by atoms with E-state index in [9.17, 15) is 9.59 Å². The van der Waals surface area contributed by atoms with Crippen molar-refractivity contribution in [3.05, 3.63) is 10.4 Å². The van der Waals surface area contributed by atoms with Gasteiger partial charge in [-0.15, -0.1) is 11.3 Å². The predicted octanol–water partition coefficient (Wildman–Crippen LogP) is 3.40. The van der Waals surface area contributed by atoms with Crippen LogP contribution in [-0.4, -0.2) is 51.1 Å². The zero-order valence-corrected chi connectivity index (χ0v) is 16.3. The standard InChI is InChI=1S/C16H18N4O2S3/c1-23-15-18-13(17-6-7-20-11(21)8-24-16(20)22)12-9-4-2-3-5-10(9)25-14(12)19-15/h2-8H2,1H3,(H,17,18,19). The lowest BCUT2D eigenvalue weighted by atomic mass is 9.97. The van der Waals surface area contributed by atoms with E-state index in [-0.39, 0.29) is 16.9 Å². The summed E-state index contributed by atoms with van der Waals surface area (Å²) < 4.78 is 0. The summed E-state index contributed by atoms with van der Waals surface area (Å²) in [5.74, 6) is 0.980. The van der Waals surface area contributed by atoms with E-state index in [2.05, 4.69) is 15.3 Å². The van der Waals surface area contributed by atoms with Crippen LogP contribution in [0.3, 0.4) is 0 Å². The Morgan fingerprint density at radius 1 is 1.24 bits per heavy atom. The van der Waals surface area contributed by atoms with Crippen LogP contribution in [0.5, 0.6) is 0 Å². The number of carbonyl (C=O) groups is 2. The maximum atomic E-state index is 11.7. The third kappa shape index (κ3) is 3.24. The van der Waals surface area contributed by atoms with Crippen molar-refractivity contribution in [2.75, 3.05) is 30.4 Å². The summed E-state index contributed by atoms with van der Waals surface area (Å²) in [5.41, 5.74) is 1.38. The first-order valence-electron chi connectivity index (χ1n) is 8.24. The lowest BCUT2D eigenvalue weighted by Gasteiger charge is -2.15. The van der Waals surface area contributed by atoms with Gasteiger partial charge in [-0.25, -0.2) is 9.97 Å². The molecule has 2 aliphatic rings. The lowest BCUT2D eigenvalue weighted by molar-refractivity contribution is -0.124. The number of thioether (sulfide) groups is 2. The van der Waals surface area contributed by atoms with E-state index in [1.54, 1.807) is 11.3 Å². The number of aromatic nitrogens is 2. The third-order valence-electron chi connectivity index (χ3n) is 4.45. The fourth-order valence-corrected chi connectivity index (χ4v) is 5.68. The number of nitrogens with zero attached hydrogens (tertiary/aromatic N) is 3. The molecule has 0 aromatic carbocycles. The fourth-order valence-electron chi connectivity index (χ4n) is 3.24. The molecule has 25 heavy (non-hydrogen) atoms. The molecule has 1 aliphatic heterocycles. The topological polar surface area (TPSA) is 75.2 Å². The summed E-state index contributed by atoms with van der Waals surface area (Å²) in [6.45, 7) is 0.875. The molecule has 2 aromatic rings. The summed E-state index contributed by atoms with van der Waals surface area (Å²) in [4.78, 5) is 36.5. The fraction of sp³-hybridized carbons (Fsp3) is 0.500. The van der Waals surface area contributed by atoms with E-state index in [4.69, 9.17) is 0 Å². The number of aryl methyl sites for hydroxylation is 2. The van der Waals surface area contributed by atoms with Crippen molar-refractivity contribution >= 4 is 62.0 Å². The first-order chi connectivity index (χ1) is 12.2. The number of rotatable bonds is 5. The molecule has 0 unspecified atom stereocenters. The minimum absolute atomic E-state index is 0.109. The van der Waals surface area contributed by atoms with Crippen LogP contribution in [0.2, 0.25) is 0 Å². The van der Waals surface area contributed by atoms with E-state index < -0.39 is 0 Å². The summed E-state index contributed by atoms with van der Waals surface area (Å²) in [5, 5.41) is 5.08. The van der Waals surface area contributed by atoms with E-state index in [1.165, 1.54) is 39.9 Å². The molecule has 1 fully saturated rings. The van der Waals surface area contributed by atoms with Gasteiger partial charge in [0.25, 0.3) is 5.24 Å². The Bertz CT molecular complexity index is 836. The van der Waals surface area contributed by atoms with Crippen molar-refractivity contribution in [3.8, 4) is 0 Å². The number of thiophene rings is 1. The smallest absolute Gasteiger partial charge is 0.288 e. The summed E-state index contributed by atoms with van der Waals surface area (Å²) in [7, 11) is 0. The van der Waals surface area contributed by atoms with Gasteiger partial charge in [-0.3, -0.25) is 14.5 Å². The molecule has 0 saturated carbocycles. The highest BCUT2D eigenvalue weighted by Gasteiger charge is 2.29. The molecular formula is C16H18N4O2S3. The van der Waals surface area contributed by atoms with Crippen LogP contribution in [0.15, 0.2) is 5.16 Å². The molecular weight excluding hydrogens is 376 g/mol. The molecule has 4 rings (SSSR count). The number of nitrogens with one attached hydrogen (secondary N) is 1. The van der Waals surface area contributed by atoms with Crippen molar-refractivity contribution in [2.45, 2.75) is 30.8 Å². The quantitative estimate of drug-likeness (QED) is 0.615. The molecule has 1 N–H and O–H groups in total.